The summed E-state index contributed by atoms with van der Waals surface area (Å²) in [6.07, 6.45) is 1.50. The van der Waals surface area contributed by atoms with Crippen molar-refractivity contribution in [1.82, 2.24) is 4.98 Å². The molecule has 0 fully saturated rings. The summed E-state index contributed by atoms with van der Waals surface area (Å²) in [5.74, 6) is 1.63. The first-order valence-electron chi connectivity index (χ1n) is 19.3. The number of rotatable bonds is 9. The van der Waals surface area contributed by atoms with Crippen LogP contribution in [0.1, 0.15) is 84.5 Å². The number of allylic oxidation sites excluding steroid dienone is 2. The van der Waals surface area contributed by atoms with Crippen LogP contribution in [0.2, 0.25) is 19.6 Å². The second-order valence-corrected chi connectivity index (χ2v) is 23.4. The van der Waals surface area contributed by atoms with E-state index in [1.165, 1.54) is 26.9 Å². The average molecular weight is 901 g/mol. The fraction of sp³-hybridized carbons (Fsp3) is 0.467. The van der Waals surface area contributed by atoms with Crippen molar-refractivity contribution in [3.05, 3.63) is 84.2 Å². The van der Waals surface area contributed by atoms with E-state index in [1.54, 1.807) is 11.3 Å². The van der Waals surface area contributed by atoms with Crippen LogP contribution in [0.15, 0.2) is 72.6 Å². The molecule has 51 heavy (non-hydrogen) atoms. The van der Waals surface area contributed by atoms with Gasteiger partial charge in [-0.1, -0.05) is 143 Å². The zero-order valence-electron chi connectivity index (χ0n) is 35.2. The third kappa shape index (κ3) is 9.68. The number of benzene rings is 3. The van der Waals surface area contributed by atoms with Gasteiger partial charge in [-0.15, -0.1) is 40.5 Å². The molecule has 3 aromatic carbocycles. The normalized spacial score (nSPS) is 13.5. The molecule has 1 N–H and O–H groups in total. The van der Waals surface area contributed by atoms with Gasteiger partial charge in [-0.3, -0.25) is 9.78 Å². The molecule has 2 heterocycles. The van der Waals surface area contributed by atoms with Gasteiger partial charge in [0.1, 0.15) is 0 Å². The van der Waals surface area contributed by atoms with Crippen LogP contribution in [0.25, 0.3) is 42.2 Å². The average Bonchev–Trinajstić information content (AvgIpc) is 3.40. The Balaban J connectivity index is 0.000000327. The predicted molar refractivity (Wildman–Crippen MR) is 223 cm³/mol. The van der Waals surface area contributed by atoms with Crippen molar-refractivity contribution in [3.63, 3.8) is 0 Å². The van der Waals surface area contributed by atoms with Crippen molar-refractivity contribution < 1.29 is 32.7 Å². The summed E-state index contributed by atoms with van der Waals surface area (Å²) < 4.78 is 19.5. The molecule has 0 atom stereocenters. The van der Waals surface area contributed by atoms with E-state index in [1.807, 2.05) is 6.07 Å². The number of thiophene rings is 1. The number of aliphatic hydroxyl groups is 1. The van der Waals surface area contributed by atoms with Crippen molar-refractivity contribution in [3.8, 4) is 11.3 Å². The minimum Gasteiger partial charge on any atom is -0.512 e. The molecular formula is C45H60IrNO2SSi-. The van der Waals surface area contributed by atoms with Crippen LogP contribution >= 0.6 is 11.3 Å². The van der Waals surface area contributed by atoms with Crippen molar-refractivity contribution >= 4 is 61.3 Å². The summed E-state index contributed by atoms with van der Waals surface area (Å²) in [5, 5.41) is 15.9. The minimum absolute atomic E-state index is 0. The molecule has 3 nitrogen and oxygen atoms in total. The van der Waals surface area contributed by atoms with Crippen LogP contribution in [0.3, 0.4) is 0 Å². The molecule has 0 unspecified atom stereocenters. The number of carbonyl (C=O) groups excluding carboxylic acids is 1. The molecule has 0 saturated heterocycles. The monoisotopic (exact) mass is 901 g/mol. The van der Waals surface area contributed by atoms with E-state index in [4.69, 9.17) is 2.74 Å². The number of hydrogen-bond donors (Lipinski definition) is 1. The van der Waals surface area contributed by atoms with Gasteiger partial charge in [-0.2, -0.15) is 0 Å². The summed E-state index contributed by atoms with van der Waals surface area (Å²) in [5.41, 5.74) is 2.86. The van der Waals surface area contributed by atoms with Crippen molar-refractivity contribution in [2.75, 3.05) is 0 Å². The summed E-state index contributed by atoms with van der Waals surface area (Å²) in [4.78, 5) is 17.0. The number of pyridine rings is 1. The Kier molecular flexibility index (Phi) is 13.2. The molecule has 0 saturated carbocycles. The van der Waals surface area contributed by atoms with E-state index < -0.39 is 8.07 Å². The number of aliphatic hydroxyl groups excluding tert-OH is 1. The van der Waals surface area contributed by atoms with Crippen LogP contribution in [0, 0.1) is 41.6 Å². The molecule has 0 amide bonds. The van der Waals surface area contributed by atoms with Gasteiger partial charge >= 0.3 is 0 Å². The van der Waals surface area contributed by atoms with E-state index in [-0.39, 0.29) is 61.1 Å². The Labute approximate surface area is 329 Å². The zero-order chi connectivity index (χ0) is 39.0. The fourth-order valence-corrected chi connectivity index (χ4v) is 11.2. The van der Waals surface area contributed by atoms with Gasteiger partial charge in [0.2, 0.25) is 0 Å². The number of fused-ring (bicyclic) bond motifs is 4. The Morgan fingerprint density at radius 2 is 1.41 bits per heavy atom. The largest absolute Gasteiger partial charge is 0.512 e. The molecule has 0 aliphatic carbocycles. The molecule has 5 aromatic rings. The Bertz CT molecular complexity index is 2090. The van der Waals surface area contributed by atoms with Gasteiger partial charge in [0.05, 0.1) is 16.6 Å². The van der Waals surface area contributed by atoms with Crippen LogP contribution in [-0.2, 0) is 30.3 Å². The molecule has 277 valence electrons. The molecule has 1 radical (unpaired) electrons. The van der Waals surface area contributed by atoms with Gasteiger partial charge < -0.3 is 5.11 Å². The van der Waals surface area contributed by atoms with Crippen LogP contribution in [0.5, 0.6) is 0 Å². The van der Waals surface area contributed by atoms with Gasteiger partial charge in [-0.25, -0.2) is 0 Å². The third-order valence-electron chi connectivity index (χ3n) is 9.76. The third-order valence-corrected chi connectivity index (χ3v) is 13.2. The smallest absolute Gasteiger partial charge is 0.162 e. The topological polar surface area (TPSA) is 50.2 Å². The van der Waals surface area contributed by atoms with Crippen LogP contribution < -0.4 is 5.19 Å². The maximum absolute atomic E-state index is 12.3. The van der Waals surface area contributed by atoms with Crippen molar-refractivity contribution in [2.45, 2.75) is 101 Å². The van der Waals surface area contributed by atoms with Gasteiger partial charge in [-0.05, 0) is 51.1 Å². The Morgan fingerprint density at radius 3 is 1.96 bits per heavy atom. The maximum Gasteiger partial charge on any atom is 0.162 e. The van der Waals surface area contributed by atoms with E-state index in [0.717, 1.165) is 32.1 Å². The molecule has 5 rings (SSSR count). The summed E-state index contributed by atoms with van der Waals surface area (Å²) >= 11 is 1.73. The van der Waals surface area contributed by atoms with Gasteiger partial charge in [0, 0.05) is 59.3 Å². The SMILES string of the molecule is CC(C)C(C(=O)/C=C(\O)C(C(C)C)C(C)C)C(C)C.[2H]c1nc(-c2[c-]c3ccccc3c(C(C)(C)C)c2)c2sc3c([Si](C)(C)C)cccc3c2c1[2H].[Ir]. The minimum atomic E-state index is -1.58. The van der Waals surface area contributed by atoms with Gasteiger partial charge in [0.25, 0.3) is 0 Å². The standard InChI is InChI=1S/C28H28NSSi.C17H32O2.Ir/c1-28(2,3)23-17-19(16-18-10-7-8-11-20(18)23)25-27-22(14-15-29-25)21-12-9-13-24(26(21)30-27)31(4,5)6;1-10(2)16(11(3)4)14(18)9-15(19)17(12(5)6)13(7)8;/h7-15,17H,1-6H3;9-13,16-18H,1-8H3;/q-1;;/b;14-9-;/i14D,15D;;. The van der Waals surface area contributed by atoms with Gasteiger partial charge in [0.15, 0.2) is 5.78 Å². The second kappa shape index (κ2) is 17.0. The van der Waals surface area contributed by atoms with Crippen molar-refractivity contribution in [1.29, 1.82) is 0 Å². The van der Waals surface area contributed by atoms with E-state index in [9.17, 15) is 9.90 Å². The molecular weight excluding hydrogens is 839 g/mol. The maximum atomic E-state index is 12.3. The Hall–Kier alpha value is -2.63. The summed E-state index contributed by atoms with van der Waals surface area (Å²) in [7, 11) is -1.58. The summed E-state index contributed by atoms with van der Waals surface area (Å²) in [6.45, 7) is 30.3. The first-order valence-corrected chi connectivity index (χ1v) is 22.6. The first kappa shape index (κ1) is 39.6. The molecule has 0 aliphatic rings. The van der Waals surface area contributed by atoms with Crippen LogP contribution in [0.4, 0.5) is 0 Å². The van der Waals surface area contributed by atoms with E-state index >= 15 is 0 Å². The first-order chi connectivity index (χ1) is 24.1. The van der Waals surface area contributed by atoms with Crippen molar-refractivity contribution in [2.24, 2.45) is 35.5 Å². The zero-order valence-corrected chi connectivity index (χ0v) is 37.4. The van der Waals surface area contributed by atoms with E-state index in [2.05, 4.69) is 149 Å². The second-order valence-electron chi connectivity index (χ2n) is 17.3. The predicted octanol–water partition coefficient (Wildman–Crippen LogP) is 12.8. The molecule has 0 bridgehead atoms. The number of hydrogen-bond acceptors (Lipinski definition) is 4. The fourth-order valence-electron chi connectivity index (χ4n) is 7.57. The number of aromatic nitrogens is 1. The molecule has 2 aromatic heterocycles. The molecule has 6 heteroatoms. The van der Waals surface area contributed by atoms with E-state index in [0.29, 0.717) is 23.7 Å². The Morgan fingerprint density at radius 1 is 0.843 bits per heavy atom. The molecule has 0 aliphatic heterocycles. The summed E-state index contributed by atoms with van der Waals surface area (Å²) in [6, 6.07) is 20.8. The quantitative estimate of drug-likeness (QED) is 0.0694. The molecule has 0 spiro atoms. The number of ketones is 1. The van der Waals surface area contributed by atoms with Crippen LogP contribution in [-0.4, -0.2) is 23.9 Å². The number of nitrogens with zero attached hydrogens (tertiary/aromatic N) is 1. The number of carbonyl (C=O) groups is 1.